The molecule has 6 nitrogen and oxygen atoms in total. The molecule has 196 valence electrons. The lowest BCUT2D eigenvalue weighted by Crippen LogP contribution is -2.48. The number of alkyl halides is 1. The molecule has 0 amide bonds. The van der Waals surface area contributed by atoms with Gasteiger partial charge in [-0.2, -0.15) is 4.98 Å². The predicted octanol–water partition coefficient (Wildman–Crippen LogP) is 5.85. The Bertz CT molecular complexity index is 1310. The van der Waals surface area contributed by atoms with Crippen LogP contribution in [0.15, 0.2) is 40.9 Å². The zero-order valence-corrected chi connectivity index (χ0v) is 21.5. The molecule has 9 heteroatoms. The lowest BCUT2D eigenvalue weighted by Gasteiger charge is -2.44. The summed E-state index contributed by atoms with van der Waals surface area (Å²) < 4.78 is 56.0. The Morgan fingerprint density at radius 3 is 2.54 bits per heavy atom. The largest absolute Gasteiger partial charge is 0.466 e. The number of nitrogens with zero attached hydrogens (tertiary/aromatic N) is 3. The molecule has 0 aliphatic carbocycles. The van der Waals surface area contributed by atoms with Crippen LogP contribution in [0.4, 0.5) is 13.2 Å². The Labute approximate surface area is 214 Å². The highest BCUT2D eigenvalue weighted by molar-refractivity contribution is 5.86. The maximum Gasteiger partial charge on any atom is 0.330 e. The Hall–Kier alpha value is -3.46. The molecular formula is C28H30F3N3O3. The number of rotatable bonds is 7. The normalized spacial score (nSPS) is 18.3. The van der Waals surface area contributed by atoms with E-state index in [0.717, 1.165) is 23.8 Å². The van der Waals surface area contributed by atoms with Gasteiger partial charge in [-0.1, -0.05) is 18.1 Å². The third-order valence-corrected chi connectivity index (χ3v) is 6.43. The zero-order chi connectivity index (χ0) is 26.9. The molecule has 0 saturated heterocycles. The first-order chi connectivity index (χ1) is 17.5. The average Bonchev–Trinajstić information content (AvgIpc) is 3.32. The van der Waals surface area contributed by atoms with Crippen molar-refractivity contribution in [1.82, 2.24) is 15.0 Å². The minimum atomic E-state index is -1.60. The molecule has 1 aliphatic rings. The van der Waals surface area contributed by atoms with Gasteiger partial charge >= 0.3 is 5.97 Å². The smallest absolute Gasteiger partial charge is 0.330 e. The van der Waals surface area contributed by atoms with Gasteiger partial charge in [0.2, 0.25) is 0 Å². The van der Waals surface area contributed by atoms with E-state index in [1.165, 1.54) is 27.0 Å². The van der Waals surface area contributed by atoms with Gasteiger partial charge < -0.3 is 9.26 Å². The third kappa shape index (κ3) is 5.77. The number of methoxy groups -OCH3 is 1. The van der Waals surface area contributed by atoms with Crippen molar-refractivity contribution < 1.29 is 27.2 Å². The Morgan fingerprint density at radius 1 is 1.24 bits per heavy atom. The fraction of sp³-hybridized carbons (Fsp3) is 0.393. The number of aryl methyl sites for hydroxylation is 1. The van der Waals surface area contributed by atoms with E-state index in [4.69, 9.17) is 4.52 Å². The van der Waals surface area contributed by atoms with Crippen LogP contribution >= 0.6 is 0 Å². The van der Waals surface area contributed by atoms with Crippen LogP contribution in [0.2, 0.25) is 0 Å². The summed E-state index contributed by atoms with van der Waals surface area (Å²) in [6, 6.07) is 6.71. The van der Waals surface area contributed by atoms with E-state index in [9.17, 15) is 9.18 Å². The molecule has 0 bridgehead atoms. The number of esters is 1. The van der Waals surface area contributed by atoms with Gasteiger partial charge in [0.15, 0.2) is 5.82 Å². The average molecular weight is 514 g/mol. The Balaban J connectivity index is 1.83. The molecule has 2 aromatic carbocycles. The van der Waals surface area contributed by atoms with Crippen LogP contribution in [0.25, 0.3) is 17.5 Å². The lowest BCUT2D eigenvalue weighted by atomic mass is 9.83. The fourth-order valence-electron chi connectivity index (χ4n) is 4.76. The van der Waals surface area contributed by atoms with Gasteiger partial charge in [-0.3, -0.25) is 4.90 Å². The second-order valence-corrected chi connectivity index (χ2v) is 9.88. The number of benzene rings is 2. The summed E-state index contributed by atoms with van der Waals surface area (Å²) >= 11 is 0. The monoisotopic (exact) mass is 513 g/mol. The highest BCUT2D eigenvalue weighted by Crippen LogP contribution is 2.42. The Kier molecular flexibility index (Phi) is 7.54. The highest BCUT2D eigenvalue weighted by Gasteiger charge is 2.39. The number of carbonyl (C=O) groups excluding carboxylic acids is 1. The first-order valence-corrected chi connectivity index (χ1v) is 12.2. The number of ether oxygens (including phenoxy) is 1. The van der Waals surface area contributed by atoms with Gasteiger partial charge in [0.1, 0.15) is 17.3 Å². The zero-order valence-electron chi connectivity index (χ0n) is 21.5. The van der Waals surface area contributed by atoms with Crippen molar-refractivity contribution in [2.24, 2.45) is 0 Å². The summed E-state index contributed by atoms with van der Waals surface area (Å²) in [5.74, 6) is -1.26. The number of hydrogen-bond donors (Lipinski definition) is 0. The van der Waals surface area contributed by atoms with Crippen LogP contribution in [0.3, 0.4) is 0 Å². The van der Waals surface area contributed by atoms with Crippen molar-refractivity contribution in [2.75, 3.05) is 13.7 Å². The van der Waals surface area contributed by atoms with Crippen LogP contribution in [-0.4, -0.2) is 46.4 Å². The van der Waals surface area contributed by atoms with Gasteiger partial charge in [0.25, 0.3) is 5.89 Å². The minimum absolute atomic E-state index is 0.0214. The van der Waals surface area contributed by atoms with Gasteiger partial charge in [-0.25, -0.2) is 18.0 Å². The lowest BCUT2D eigenvalue weighted by molar-refractivity contribution is -0.134. The van der Waals surface area contributed by atoms with Gasteiger partial charge in [-0.05, 0) is 74.2 Å². The second-order valence-electron chi connectivity index (χ2n) is 9.88. The molecule has 0 fully saturated rings. The number of carbonyl (C=O) groups is 1. The van der Waals surface area contributed by atoms with Crippen molar-refractivity contribution in [1.29, 1.82) is 0 Å². The molecule has 1 aliphatic heterocycles. The van der Waals surface area contributed by atoms with Gasteiger partial charge in [0.05, 0.1) is 13.2 Å². The SMILES string of the molecule is CCc1noc(-c2ccc3c(c2)CC(C)N(CC(C)(C)F)C3c2c(F)cc(/C=C/C(=O)OC)cc2F)n1. The molecule has 0 saturated carbocycles. The van der Waals surface area contributed by atoms with Crippen LogP contribution in [0.5, 0.6) is 0 Å². The molecule has 4 rings (SSSR count). The van der Waals surface area contributed by atoms with Crippen LogP contribution < -0.4 is 0 Å². The highest BCUT2D eigenvalue weighted by atomic mass is 19.1. The molecule has 2 unspecified atom stereocenters. The molecule has 0 N–H and O–H groups in total. The van der Waals surface area contributed by atoms with E-state index >= 15 is 8.78 Å². The third-order valence-electron chi connectivity index (χ3n) is 6.43. The summed E-state index contributed by atoms with van der Waals surface area (Å²) in [4.78, 5) is 17.6. The van der Waals surface area contributed by atoms with E-state index in [1.54, 1.807) is 17.0 Å². The predicted molar refractivity (Wildman–Crippen MR) is 133 cm³/mol. The van der Waals surface area contributed by atoms with Crippen molar-refractivity contribution in [3.63, 3.8) is 0 Å². The van der Waals surface area contributed by atoms with Crippen molar-refractivity contribution in [2.45, 2.75) is 58.3 Å². The number of aromatic nitrogens is 2. The molecule has 2 atom stereocenters. The number of fused-ring (bicyclic) bond motifs is 1. The molecule has 0 radical (unpaired) electrons. The van der Waals surface area contributed by atoms with E-state index < -0.39 is 29.3 Å². The van der Waals surface area contributed by atoms with E-state index in [0.29, 0.717) is 35.7 Å². The molecule has 3 aromatic rings. The summed E-state index contributed by atoms with van der Waals surface area (Å²) in [5.41, 5.74) is 0.653. The molecule has 1 aromatic heterocycles. The molecular weight excluding hydrogens is 483 g/mol. The van der Waals surface area contributed by atoms with Gasteiger partial charge in [0, 0.05) is 36.2 Å². The van der Waals surface area contributed by atoms with E-state index in [1.807, 2.05) is 19.9 Å². The summed E-state index contributed by atoms with van der Waals surface area (Å²) in [6.07, 6.45) is 3.55. The van der Waals surface area contributed by atoms with E-state index in [2.05, 4.69) is 14.9 Å². The van der Waals surface area contributed by atoms with Crippen LogP contribution in [0.1, 0.15) is 61.8 Å². The standard InChI is InChI=1S/C28H30F3N3O3/c1-6-23-32-27(37-33-23)18-8-9-20-19(14-18)11-16(2)34(15-28(3,4)31)26(20)25-21(29)12-17(13-22(25)30)7-10-24(35)36-5/h7-10,12-14,16,26H,6,11,15H2,1-5H3/b10-7+. The quantitative estimate of drug-likeness (QED) is 0.292. The first-order valence-electron chi connectivity index (χ1n) is 12.2. The summed E-state index contributed by atoms with van der Waals surface area (Å²) in [5, 5.41) is 3.95. The van der Waals surface area contributed by atoms with Crippen LogP contribution in [-0.2, 0) is 22.4 Å². The summed E-state index contributed by atoms with van der Waals surface area (Å²) in [7, 11) is 1.21. The number of hydrogen-bond acceptors (Lipinski definition) is 6. The fourth-order valence-corrected chi connectivity index (χ4v) is 4.76. The van der Waals surface area contributed by atoms with Crippen molar-refractivity contribution in [3.05, 3.63) is 76.1 Å². The molecule has 2 heterocycles. The van der Waals surface area contributed by atoms with Crippen molar-refractivity contribution >= 4 is 12.0 Å². The summed E-state index contributed by atoms with van der Waals surface area (Å²) in [6.45, 7) is 6.72. The number of halogens is 3. The molecule has 0 spiro atoms. The molecule has 37 heavy (non-hydrogen) atoms. The Morgan fingerprint density at radius 2 is 1.95 bits per heavy atom. The minimum Gasteiger partial charge on any atom is -0.466 e. The first kappa shape index (κ1) is 26.6. The van der Waals surface area contributed by atoms with Crippen molar-refractivity contribution in [3.8, 4) is 11.5 Å². The maximum absolute atomic E-state index is 15.6. The second kappa shape index (κ2) is 10.5. The van der Waals surface area contributed by atoms with Gasteiger partial charge in [-0.15, -0.1) is 0 Å². The maximum atomic E-state index is 15.6. The van der Waals surface area contributed by atoms with E-state index in [-0.39, 0.29) is 23.7 Å². The topological polar surface area (TPSA) is 68.5 Å². The van der Waals surface area contributed by atoms with Crippen LogP contribution in [0, 0.1) is 11.6 Å².